The van der Waals surface area contributed by atoms with Crippen LogP contribution in [-0.2, 0) is 24.2 Å². The molecular formula is C16H19N3O3. The van der Waals surface area contributed by atoms with E-state index in [2.05, 4.69) is 22.3 Å². The molecule has 1 N–H and O–H groups in total. The van der Waals surface area contributed by atoms with Crippen LogP contribution in [0.3, 0.4) is 0 Å². The standard InChI is InChI=1S/C16H19N3O3/c20-16(21)13-7-4-10-19(13)11-15-17-14(18-22-15)9-8-12-5-2-1-3-6-12/h1-3,5-6,13H,4,7-11H2,(H,20,21)/t13-/m0/s1. The average Bonchev–Trinajstić information content (AvgIpc) is 3.16. The fourth-order valence-corrected chi connectivity index (χ4v) is 2.83. The average molecular weight is 301 g/mol. The van der Waals surface area contributed by atoms with Crippen molar-refractivity contribution in [3.63, 3.8) is 0 Å². The van der Waals surface area contributed by atoms with Crippen LogP contribution >= 0.6 is 0 Å². The van der Waals surface area contributed by atoms with Crippen molar-refractivity contribution in [3.8, 4) is 0 Å². The first-order chi connectivity index (χ1) is 10.7. The molecule has 0 aliphatic carbocycles. The summed E-state index contributed by atoms with van der Waals surface area (Å²) in [5, 5.41) is 13.2. The van der Waals surface area contributed by atoms with Crippen LogP contribution in [0.2, 0.25) is 0 Å². The maximum absolute atomic E-state index is 11.2. The highest BCUT2D eigenvalue weighted by Gasteiger charge is 2.31. The van der Waals surface area contributed by atoms with Gasteiger partial charge in [0.1, 0.15) is 6.04 Å². The molecule has 0 saturated carbocycles. The molecule has 3 rings (SSSR count). The summed E-state index contributed by atoms with van der Waals surface area (Å²) in [4.78, 5) is 17.4. The maximum atomic E-state index is 11.2. The number of carboxylic acid groups (broad SMARTS) is 1. The molecule has 1 fully saturated rings. The number of nitrogens with zero attached hydrogens (tertiary/aromatic N) is 3. The van der Waals surface area contributed by atoms with E-state index in [-0.39, 0.29) is 0 Å². The van der Waals surface area contributed by atoms with Crippen LogP contribution in [-0.4, -0.2) is 38.7 Å². The minimum absolute atomic E-state index is 0.412. The molecule has 1 aromatic heterocycles. The Bertz CT molecular complexity index is 627. The van der Waals surface area contributed by atoms with Crippen LogP contribution in [0.25, 0.3) is 0 Å². The zero-order valence-electron chi connectivity index (χ0n) is 12.3. The second-order valence-electron chi connectivity index (χ2n) is 5.56. The van der Waals surface area contributed by atoms with Gasteiger partial charge in [0.25, 0.3) is 0 Å². The van der Waals surface area contributed by atoms with Crippen molar-refractivity contribution in [2.45, 2.75) is 38.3 Å². The van der Waals surface area contributed by atoms with Gasteiger partial charge in [0, 0.05) is 6.42 Å². The Kier molecular flexibility index (Phi) is 4.48. The number of aromatic nitrogens is 2. The highest BCUT2D eigenvalue weighted by Crippen LogP contribution is 2.19. The minimum atomic E-state index is -0.777. The summed E-state index contributed by atoms with van der Waals surface area (Å²) in [6, 6.07) is 9.72. The lowest BCUT2D eigenvalue weighted by Crippen LogP contribution is -2.35. The molecule has 1 atom stereocenters. The first-order valence-corrected chi connectivity index (χ1v) is 7.54. The zero-order chi connectivity index (χ0) is 15.4. The molecule has 0 bridgehead atoms. The number of likely N-dealkylation sites (tertiary alicyclic amines) is 1. The van der Waals surface area contributed by atoms with Gasteiger partial charge in [-0.1, -0.05) is 35.5 Å². The van der Waals surface area contributed by atoms with Gasteiger partial charge in [-0.15, -0.1) is 0 Å². The second-order valence-corrected chi connectivity index (χ2v) is 5.56. The number of carbonyl (C=O) groups is 1. The number of hydrogen-bond acceptors (Lipinski definition) is 5. The Balaban J connectivity index is 1.56. The summed E-state index contributed by atoms with van der Waals surface area (Å²) in [7, 11) is 0. The van der Waals surface area contributed by atoms with Gasteiger partial charge in [0.15, 0.2) is 5.82 Å². The summed E-state index contributed by atoms with van der Waals surface area (Å²) in [5.41, 5.74) is 1.24. The molecule has 2 heterocycles. The Morgan fingerprint density at radius 2 is 2.14 bits per heavy atom. The van der Waals surface area contributed by atoms with Crippen molar-refractivity contribution in [1.82, 2.24) is 15.0 Å². The maximum Gasteiger partial charge on any atom is 0.320 e. The fourth-order valence-electron chi connectivity index (χ4n) is 2.83. The minimum Gasteiger partial charge on any atom is -0.480 e. The van der Waals surface area contributed by atoms with Gasteiger partial charge in [-0.3, -0.25) is 9.69 Å². The quantitative estimate of drug-likeness (QED) is 0.878. The van der Waals surface area contributed by atoms with Crippen molar-refractivity contribution < 1.29 is 14.4 Å². The van der Waals surface area contributed by atoms with E-state index in [0.29, 0.717) is 24.7 Å². The van der Waals surface area contributed by atoms with Gasteiger partial charge in [-0.2, -0.15) is 4.98 Å². The molecule has 1 aliphatic rings. The summed E-state index contributed by atoms with van der Waals surface area (Å²) in [5.74, 6) is 0.391. The van der Waals surface area contributed by atoms with Gasteiger partial charge in [-0.05, 0) is 31.4 Å². The first-order valence-electron chi connectivity index (χ1n) is 7.54. The predicted octanol–water partition coefficient (Wildman–Crippen LogP) is 1.90. The number of aliphatic carboxylic acids is 1. The molecule has 1 aromatic carbocycles. The Hall–Kier alpha value is -2.21. The molecule has 0 unspecified atom stereocenters. The van der Waals surface area contributed by atoms with E-state index >= 15 is 0 Å². The predicted molar refractivity (Wildman–Crippen MR) is 79.2 cm³/mol. The fraction of sp³-hybridized carbons (Fsp3) is 0.438. The van der Waals surface area contributed by atoms with Crippen LogP contribution in [0, 0.1) is 0 Å². The largest absolute Gasteiger partial charge is 0.480 e. The molecule has 1 saturated heterocycles. The molecule has 116 valence electrons. The molecule has 0 spiro atoms. The van der Waals surface area contributed by atoms with Gasteiger partial charge in [-0.25, -0.2) is 0 Å². The highest BCUT2D eigenvalue weighted by molar-refractivity contribution is 5.73. The van der Waals surface area contributed by atoms with Gasteiger partial charge in [0.2, 0.25) is 5.89 Å². The van der Waals surface area contributed by atoms with Crippen LogP contribution in [0.15, 0.2) is 34.9 Å². The van der Waals surface area contributed by atoms with Crippen molar-refractivity contribution in [3.05, 3.63) is 47.6 Å². The highest BCUT2D eigenvalue weighted by atomic mass is 16.5. The Labute approximate surface area is 128 Å². The number of hydrogen-bond donors (Lipinski definition) is 1. The Morgan fingerprint density at radius 3 is 2.91 bits per heavy atom. The SMILES string of the molecule is O=C(O)[C@@H]1CCCN1Cc1nc(CCc2ccccc2)no1. The lowest BCUT2D eigenvalue weighted by molar-refractivity contribution is -0.142. The van der Waals surface area contributed by atoms with Gasteiger partial charge < -0.3 is 9.63 Å². The molecule has 1 aliphatic heterocycles. The summed E-state index contributed by atoms with van der Waals surface area (Å²) < 4.78 is 5.25. The summed E-state index contributed by atoms with van der Waals surface area (Å²) in [6.07, 6.45) is 3.16. The van der Waals surface area contributed by atoms with Crippen molar-refractivity contribution in [2.75, 3.05) is 6.54 Å². The third-order valence-corrected chi connectivity index (χ3v) is 3.98. The van der Waals surface area contributed by atoms with Crippen molar-refractivity contribution >= 4 is 5.97 Å². The molecule has 6 nitrogen and oxygen atoms in total. The number of benzene rings is 1. The van der Waals surface area contributed by atoms with Crippen LogP contribution in [0.1, 0.15) is 30.1 Å². The van der Waals surface area contributed by atoms with E-state index in [1.54, 1.807) is 0 Å². The smallest absolute Gasteiger partial charge is 0.320 e. The second kappa shape index (κ2) is 6.70. The van der Waals surface area contributed by atoms with Crippen molar-refractivity contribution in [2.24, 2.45) is 0 Å². The van der Waals surface area contributed by atoms with Crippen LogP contribution in [0.5, 0.6) is 0 Å². The summed E-state index contributed by atoms with van der Waals surface area (Å²) >= 11 is 0. The van der Waals surface area contributed by atoms with Crippen LogP contribution < -0.4 is 0 Å². The van der Waals surface area contributed by atoms with Gasteiger partial charge in [0.05, 0.1) is 6.54 Å². The van der Waals surface area contributed by atoms with Gasteiger partial charge >= 0.3 is 5.97 Å². The lowest BCUT2D eigenvalue weighted by atomic mass is 10.1. The van der Waals surface area contributed by atoms with E-state index in [9.17, 15) is 4.79 Å². The summed E-state index contributed by atoms with van der Waals surface area (Å²) in [6.45, 7) is 1.17. The zero-order valence-corrected chi connectivity index (χ0v) is 12.3. The van der Waals surface area contributed by atoms with E-state index in [4.69, 9.17) is 9.63 Å². The third-order valence-electron chi connectivity index (χ3n) is 3.98. The molecule has 0 radical (unpaired) electrons. The van der Waals surface area contributed by atoms with E-state index < -0.39 is 12.0 Å². The molecular weight excluding hydrogens is 282 g/mol. The lowest BCUT2D eigenvalue weighted by Gasteiger charge is -2.18. The normalized spacial score (nSPS) is 18.6. The third kappa shape index (κ3) is 3.51. The monoisotopic (exact) mass is 301 g/mol. The van der Waals surface area contributed by atoms with Crippen molar-refractivity contribution in [1.29, 1.82) is 0 Å². The van der Waals surface area contributed by atoms with E-state index in [1.807, 2.05) is 23.1 Å². The number of aryl methyl sites for hydroxylation is 2. The van der Waals surface area contributed by atoms with E-state index in [1.165, 1.54) is 5.56 Å². The number of rotatable bonds is 6. The molecule has 0 amide bonds. The molecule has 2 aromatic rings. The van der Waals surface area contributed by atoms with Crippen LogP contribution in [0.4, 0.5) is 0 Å². The number of carboxylic acids is 1. The molecule has 22 heavy (non-hydrogen) atoms. The first kappa shape index (κ1) is 14.7. The van der Waals surface area contributed by atoms with E-state index in [0.717, 1.165) is 25.8 Å². The Morgan fingerprint density at radius 1 is 1.32 bits per heavy atom. The topological polar surface area (TPSA) is 79.5 Å². The molecule has 6 heteroatoms.